The molecule has 3 aromatic rings. The highest BCUT2D eigenvalue weighted by molar-refractivity contribution is 5.97. The number of benzene rings is 2. The molecule has 2 aromatic carbocycles. The van der Waals surface area contributed by atoms with Crippen molar-refractivity contribution >= 4 is 28.5 Å². The van der Waals surface area contributed by atoms with E-state index in [-0.39, 0.29) is 17.0 Å². The Morgan fingerprint density at radius 1 is 1.07 bits per heavy atom. The quantitative estimate of drug-likeness (QED) is 0.692. The molecular weight excluding hydrogens is 372 g/mol. The summed E-state index contributed by atoms with van der Waals surface area (Å²) in [5.41, 5.74) is 0.650. The summed E-state index contributed by atoms with van der Waals surface area (Å²) in [7, 11) is 0. The van der Waals surface area contributed by atoms with E-state index < -0.39 is 35.0 Å². The first-order valence-corrected chi connectivity index (χ1v) is 8.26. The molecule has 1 amide bonds. The van der Waals surface area contributed by atoms with E-state index in [1.54, 1.807) is 18.2 Å². The summed E-state index contributed by atoms with van der Waals surface area (Å²) in [6.07, 6.45) is -1.28. The summed E-state index contributed by atoms with van der Waals surface area (Å²) in [6, 6.07) is 8.72. The molecule has 0 saturated heterocycles. The summed E-state index contributed by atoms with van der Waals surface area (Å²) in [4.78, 5) is 36.5. The standard InChI is InChI=1S/C20H15F2NO5/c1-10-3-6-17-13(7-10)16(24)9-18(28-17)20(26)27-11(2)19(25)23-12-4-5-14(21)15(22)8-12/h3-9,11H,1-2H3,(H,23,25)/t11-/m1/s1. The predicted molar refractivity (Wildman–Crippen MR) is 97.1 cm³/mol. The fourth-order valence-electron chi connectivity index (χ4n) is 2.46. The molecule has 1 aromatic heterocycles. The number of ether oxygens (including phenoxy) is 1. The van der Waals surface area contributed by atoms with Gasteiger partial charge in [-0.2, -0.15) is 0 Å². The smallest absolute Gasteiger partial charge is 0.375 e. The summed E-state index contributed by atoms with van der Waals surface area (Å²) < 4.78 is 36.5. The van der Waals surface area contributed by atoms with Crippen molar-refractivity contribution in [3.05, 3.63) is 75.6 Å². The van der Waals surface area contributed by atoms with Gasteiger partial charge in [-0.1, -0.05) is 11.6 Å². The zero-order valence-corrected chi connectivity index (χ0v) is 14.9. The first kappa shape index (κ1) is 19.2. The molecule has 0 saturated carbocycles. The Balaban J connectivity index is 1.73. The van der Waals surface area contributed by atoms with Crippen LogP contribution < -0.4 is 10.7 Å². The number of fused-ring (bicyclic) bond motifs is 1. The molecule has 0 radical (unpaired) electrons. The topological polar surface area (TPSA) is 85.6 Å². The number of esters is 1. The number of aryl methyl sites for hydroxylation is 1. The summed E-state index contributed by atoms with van der Waals surface area (Å²) in [6.45, 7) is 3.10. The third-order valence-corrected chi connectivity index (χ3v) is 3.92. The molecule has 1 atom stereocenters. The Hall–Kier alpha value is -3.55. The number of hydrogen-bond donors (Lipinski definition) is 1. The van der Waals surface area contributed by atoms with E-state index in [1.165, 1.54) is 6.92 Å². The van der Waals surface area contributed by atoms with Gasteiger partial charge in [-0.3, -0.25) is 9.59 Å². The van der Waals surface area contributed by atoms with Gasteiger partial charge in [0.05, 0.1) is 5.39 Å². The van der Waals surface area contributed by atoms with Gasteiger partial charge in [0, 0.05) is 17.8 Å². The second-order valence-corrected chi connectivity index (χ2v) is 6.14. The molecule has 3 rings (SSSR count). The van der Waals surface area contributed by atoms with Crippen LogP contribution in [0, 0.1) is 18.6 Å². The van der Waals surface area contributed by atoms with Crippen molar-refractivity contribution in [2.24, 2.45) is 0 Å². The SMILES string of the molecule is Cc1ccc2oc(C(=O)O[C@H](C)C(=O)Nc3ccc(F)c(F)c3)cc(=O)c2c1. The van der Waals surface area contributed by atoms with Crippen LogP contribution in [0.15, 0.2) is 51.7 Å². The molecule has 6 nitrogen and oxygen atoms in total. The van der Waals surface area contributed by atoms with Crippen LogP contribution in [-0.4, -0.2) is 18.0 Å². The average molecular weight is 387 g/mol. The summed E-state index contributed by atoms with van der Waals surface area (Å²) >= 11 is 0. The number of anilines is 1. The molecule has 8 heteroatoms. The van der Waals surface area contributed by atoms with Crippen LogP contribution in [0.1, 0.15) is 23.0 Å². The number of halogens is 2. The Labute approximate surface area is 157 Å². The highest BCUT2D eigenvalue weighted by Gasteiger charge is 2.22. The molecule has 1 N–H and O–H groups in total. The van der Waals surface area contributed by atoms with Gasteiger partial charge >= 0.3 is 5.97 Å². The molecule has 1 heterocycles. The third-order valence-electron chi connectivity index (χ3n) is 3.92. The van der Waals surface area contributed by atoms with Crippen LogP contribution in [0.2, 0.25) is 0 Å². The predicted octanol–water partition coefficient (Wildman–Crippen LogP) is 3.56. The lowest BCUT2D eigenvalue weighted by molar-refractivity contribution is -0.123. The van der Waals surface area contributed by atoms with E-state index >= 15 is 0 Å². The minimum atomic E-state index is -1.28. The van der Waals surface area contributed by atoms with Crippen LogP contribution >= 0.6 is 0 Å². The number of hydrogen-bond acceptors (Lipinski definition) is 5. The highest BCUT2D eigenvalue weighted by Crippen LogP contribution is 2.16. The number of carbonyl (C=O) groups excluding carboxylic acids is 2. The van der Waals surface area contributed by atoms with E-state index in [0.717, 1.165) is 29.8 Å². The Bertz CT molecular complexity index is 1140. The molecule has 0 aliphatic carbocycles. The zero-order chi connectivity index (χ0) is 20.4. The van der Waals surface area contributed by atoms with Gasteiger partial charge in [-0.15, -0.1) is 0 Å². The molecule has 0 fully saturated rings. The minimum Gasteiger partial charge on any atom is -0.449 e. The average Bonchev–Trinajstić information content (AvgIpc) is 2.65. The van der Waals surface area contributed by atoms with Crippen molar-refractivity contribution in [2.75, 3.05) is 5.32 Å². The summed E-state index contributed by atoms with van der Waals surface area (Å²) in [5.74, 6) is -4.31. The normalized spacial score (nSPS) is 11.9. The van der Waals surface area contributed by atoms with Crippen LogP contribution in [0.5, 0.6) is 0 Å². The Kier molecular flexibility index (Phi) is 5.21. The van der Waals surface area contributed by atoms with Gasteiger partial charge in [-0.05, 0) is 38.1 Å². The molecular formula is C20H15F2NO5. The number of amides is 1. The third kappa shape index (κ3) is 4.06. The van der Waals surface area contributed by atoms with Gasteiger partial charge in [0.25, 0.3) is 5.91 Å². The second kappa shape index (κ2) is 7.59. The van der Waals surface area contributed by atoms with Crippen molar-refractivity contribution in [3.63, 3.8) is 0 Å². The minimum absolute atomic E-state index is 0.000550. The fourth-order valence-corrected chi connectivity index (χ4v) is 2.46. The molecule has 0 aliphatic heterocycles. The maximum absolute atomic E-state index is 13.2. The Morgan fingerprint density at radius 2 is 1.82 bits per heavy atom. The van der Waals surface area contributed by atoms with Crippen molar-refractivity contribution in [3.8, 4) is 0 Å². The second-order valence-electron chi connectivity index (χ2n) is 6.14. The maximum atomic E-state index is 13.2. The van der Waals surface area contributed by atoms with Gasteiger partial charge in [0.15, 0.2) is 23.2 Å². The van der Waals surface area contributed by atoms with Crippen molar-refractivity contribution in [1.82, 2.24) is 0 Å². The lowest BCUT2D eigenvalue weighted by Crippen LogP contribution is -2.30. The molecule has 144 valence electrons. The van der Waals surface area contributed by atoms with E-state index in [4.69, 9.17) is 9.15 Å². The van der Waals surface area contributed by atoms with Crippen molar-refractivity contribution in [2.45, 2.75) is 20.0 Å². The molecule has 28 heavy (non-hydrogen) atoms. The van der Waals surface area contributed by atoms with E-state index in [1.807, 2.05) is 6.92 Å². The highest BCUT2D eigenvalue weighted by atomic mass is 19.2. The molecule has 0 unspecified atom stereocenters. The number of rotatable bonds is 4. The van der Waals surface area contributed by atoms with E-state index in [0.29, 0.717) is 5.39 Å². The maximum Gasteiger partial charge on any atom is 0.375 e. The van der Waals surface area contributed by atoms with E-state index in [9.17, 15) is 23.2 Å². The first-order chi connectivity index (χ1) is 13.2. The molecule has 0 spiro atoms. The van der Waals surface area contributed by atoms with Crippen molar-refractivity contribution in [1.29, 1.82) is 0 Å². The molecule has 0 bridgehead atoms. The van der Waals surface area contributed by atoms with Gasteiger partial charge < -0.3 is 14.5 Å². The summed E-state index contributed by atoms with van der Waals surface area (Å²) in [5, 5.41) is 2.62. The first-order valence-electron chi connectivity index (χ1n) is 8.26. The fraction of sp³-hybridized carbons (Fsp3) is 0.150. The van der Waals surface area contributed by atoms with Gasteiger partial charge in [0.2, 0.25) is 5.76 Å². The number of carbonyl (C=O) groups is 2. The van der Waals surface area contributed by atoms with Crippen LogP contribution in [0.3, 0.4) is 0 Å². The zero-order valence-electron chi connectivity index (χ0n) is 14.9. The monoisotopic (exact) mass is 387 g/mol. The lowest BCUT2D eigenvalue weighted by Gasteiger charge is -2.13. The number of nitrogens with one attached hydrogen (secondary N) is 1. The van der Waals surface area contributed by atoms with Crippen LogP contribution in [0.25, 0.3) is 11.0 Å². The Morgan fingerprint density at radius 3 is 2.54 bits per heavy atom. The van der Waals surface area contributed by atoms with Crippen LogP contribution in [-0.2, 0) is 9.53 Å². The lowest BCUT2D eigenvalue weighted by atomic mass is 10.1. The van der Waals surface area contributed by atoms with Crippen LogP contribution in [0.4, 0.5) is 14.5 Å². The van der Waals surface area contributed by atoms with E-state index in [2.05, 4.69) is 5.32 Å². The largest absolute Gasteiger partial charge is 0.449 e. The molecule has 0 aliphatic rings. The van der Waals surface area contributed by atoms with Crippen molar-refractivity contribution < 1.29 is 27.5 Å². The van der Waals surface area contributed by atoms with Gasteiger partial charge in [-0.25, -0.2) is 13.6 Å². The van der Waals surface area contributed by atoms with Gasteiger partial charge in [0.1, 0.15) is 5.58 Å².